The highest BCUT2D eigenvalue weighted by atomic mass is 32.2. The first-order valence-electron chi connectivity index (χ1n) is 9.19. The molecule has 2 N–H and O–H groups in total. The standard InChI is InChI=1S/C20H30FN3O4S/c1-19(2,3)23-16(25)11-24(20(4,5)6)18(27)13-29(28)12-17(26)22-15-9-7-14(21)8-10-15/h7-10H,11-13H2,1-6H3,(H,22,26)(H,23,25). The zero-order valence-corrected chi connectivity index (χ0v) is 18.6. The molecule has 0 bridgehead atoms. The smallest absolute Gasteiger partial charge is 0.240 e. The molecule has 0 radical (unpaired) electrons. The largest absolute Gasteiger partial charge is 0.350 e. The molecule has 0 aliphatic carbocycles. The maximum atomic E-state index is 12.9. The van der Waals surface area contributed by atoms with E-state index in [0.29, 0.717) is 5.69 Å². The normalized spacial score (nSPS) is 12.8. The number of halogens is 1. The summed E-state index contributed by atoms with van der Waals surface area (Å²) in [5.74, 6) is -2.54. The van der Waals surface area contributed by atoms with Gasteiger partial charge in [0.05, 0.1) is 0 Å². The van der Waals surface area contributed by atoms with Crippen LogP contribution in [0.2, 0.25) is 0 Å². The Labute approximate surface area is 173 Å². The minimum absolute atomic E-state index is 0.168. The lowest BCUT2D eigenvalue weighted by molar-refractivity contribution is -0.139. The highest BCUT2D eigenvalue weighted by molar-refractivity contribution is 7.86. The summed E-state index contributed by atoms with van der Waals surface area (Å²) in [4.78, 5) is 38.3. The zero-order valence-electron chi connectivity index (χ0n) is 17.8. The van der Waals surface area contributed by atoms with E-state index in [0.717, 1.165) is 0 Å². The average Bonchev–Trinajstić information content (AvgIpc) is 2.51. The number of nitrogens with zero attached hydrogens (tertiary/aromatic N) is 1. The van der Waals surface area contributed by atoms with Gasteiger partial charge in [0.25, 0.3) is 0 Å². The van der Waals surface area contributed by atoms with Crippen LogP contribution in [0.25, 0.3) is 0 Å². The van der Waals surface area contributed by atoms with Gasteiger partial charge in [0.15, 0.2) is 0 Å². The summed E-state index contributed by atoms with van der Waals surface area (Å²) in [6, 6.07) is 5.16. The second-order valence-corrected chi connectivity index (χ2v) is 10.2. The van der Waals surface area contributed by atoms with Gasteiger partial charge in [0.2, 0.25) is 17.7 Å². The molecule has 0 saturated carbocycles. The molecule has 1 rings (SSSR count). The van der Waals surface area contributed by atoms with Gasteiger partial charge in [0, 0.05) is 27.6 Å². The van der Waals surface area contributed by atoms with Gasteiger partial charge in [0.1, 0.15) is 23.9 Å². The van der Waals surface area contributed by atoms with Crippen LogP contribution in [0.5, 0.6) is 0 Å². The van der Waals surface area contributed by atoms with Gasteiger partial charge in [-0.2, -0.15) is 0 Å². The Bertz CT molecular complexity index is 767. The lowest BCUT2D eigenvalue weighted by atomic mass is 10.1. The molecule has 3 amide bonds. The minimum Gasteiger partial charge on any atom is -0.350 e. The van der Waals surface area contributed by atoms with Crippen LogP contribution in [-0.2, 0) is 25.2 Å². The van der Waals surface area contributed by atoms with E-state index < -0.39 is 39.5 Å². The predicted molar refractivity (Wildman–Crippen MR) is 112 cm³/mol. The van der Waals surface area contributed by atoms with Gasteiger partial charge in [-0.05, 0) is 65.8 Å². The van der Waals surface area contributed by atoms with Crippen LogP contribution in [0, 0.1) is 5.82 Å². The molecule has 162 valence electrons. The van der Waals surface area contributed by atoms with Crippen molar-refractivity contribution in [3.8, 4) is 0 Å². The maximum Gasteiger partial charge on any atom is 0.240 e. The Morgan fingerprint density at radius 2 is 1.52 bits per heavy atom. The van der Waals surface area contributed by atoms with E-state index in [1.807, 2.05) is 20.8 Å². The minimum atomic E-state index is -1.76. The topological polar surface area (TPSA) is 95.6 Å². The van der Waals surface area contributed by atoms with Crippen molar-refractivity contribution in [3.63, 3.8) is 0 Å². The first-order chi connectivity index (χ1) is 13.2. The van der Waals surface area contributed by atoms with E-state index in [1.165, 1.54) is 29.2 Å². The third kappa shape index (κ3) is 9.65. The predicted octanol–water partition coefficient (Wildman–Crippen LogP) is 2.05. The maximum absolute atomic E-state index is 12.9. The van der Waals surface area contributed by atoms with Crippen molar-refractivity contribution in [1.82, 2.24) is 10.2 Å². The zero-order chi connectivity index (χ0) is 22.4. The molecule has 1 atom stereocenters. The molecule has 1 aromatic rings. The number of rotatable bonds is 7. The number of nitrogens with one attached hydrogen (secondary N) is 2. The number of hydrogen-bond acceptors (Lipinski definition) is 4. The molecule has 1 unspecified atom stereocenters. The van der Waals surface area contributed by atoms with E-state index in [2.05, 4.69) is 10.6 Å². The van der Waals surface area contributed by atoms with Gasteiger partial charge in [-0.1, -0.05) is 0 Å². The quantitative estimate of drug-likeness (QED) is 0.696. The van der Waals surface area contributed by atoms with Gasteiger partial charge < -0.3 is 15.5 Å². The Hall–Kier alpha value is -2.29. The fraction of sp³-hybridized carbons (Fsp3) is 0.550. The van der Waals surface area contributed by atoms with Gasteiger partial charge >= 0.3 is 0 Å². The monoisotopic (exact) mass is 427 g/mol. The highest BCUT2D eigenvalue weighted by Gasteiger charge is 2.30. The number of anilines is 1. The molecule has 29 heavy (non-hydrogen) atoms. The van der Waals surface area contributed by atoms with Crippen molar-refractivity contribution in [2.75, 3.05) is 23.4 Å². The summed E-state index contributed by atoms with van der Waals surface area (Å²) in [6.45, 7) is 10.7. The highest BCUT2D eigenvalue weighted by Crippen LogP contribution is 2.14. The second-order valence-electron chi connectivity index (χ2n) is 8.73. The third-order valence-electron chi connectivity index (χ3n) is 3.63. The molecule has 0 spiro atoms. The molecule has 0 aromatic heterocycles. The molecule has 0 aliphatic rings. The lowest BCUT2D eigenvalue weighted by Crippen LogP contribution is -2.54. The molecular formula is C20H30FN3O4S. The molecule has 1 aromatic carbocycles. The summed E-state index contributed by atoms with van der Waals surface area (Å²) in [5.41, 5.74) is -0.729. The van der Waals surface area contributed by atoms with Crippen LogP contribution in [0.3, 0.4) is 0 Å². The van der Waals surface area contributed by atoms with Crippen molar-refractivity contribution >= 4 is 34.2 Å². The van der Waals surface area contributed by atoms with Gasteiger partial charge in [-0.3, -0.25) is 18.6 Å². The first kappa shape index (κ1) is 24.7. The van der Waals surface area contributed by atoms with Gasteiger partial charge in [-0.25, -0.2) is 4.39 Å². The van der Waals surface area contributed by atoms with E-state index >= 15 is 0 Å². The molecule has 9 heteroatoms. The van der Waals surface area contributed by atoms with Crippen LogP contribution in [-0.4, -0.2) is 56.0 Å². The number of benzene rings is 1. The van der Waals surface area contributed by atoms with E-state index in [9.17, 15) is 23.0 Å². The summed E-state index contributed by atoms with van der Waals surface area (Å²) in [7, 11) is -1.76. The lowest BCUT2D eigenvalue weighted by Gasteiger charge is -2.36. The van der Waals surface area contributed by atoms with E-state index in [4.69, 9.17) is 0 Å². The van der Waals surface area contributed by atoms with Crippen molar-refractivity contribution in [3.05, 3.63) is 30.1 Å². The van der Waals surface area contributed by atoms with Crippen LogP contribution in [0.15, 0.2) is 24.3 Å². The van der Waals surface area contributed by atoms with E-state index in [-0.39, 0.29) is 24.0 Å². The Morgan fingerprint density at radius 1 is 0.966 bits per heavy atom. The fourth-order valence-corrected chi connectivity index (χ4v) is 3.34. The van der Waals surface area contributed by atoms with Crippen molar-refractivity contribution in [2.45, 2.75) is 52.6 Å². The number of carbonyl (C=O) groups excluding carboxylic acids is 3. The van der Waals surface area contributed by atoms with Crippen molar-refractivity contribution in [2.24, 2.45) is 0 Å². The second kappa shape index (κ2) is 9.96. The molecule has 0 saturated heterocycles. The summed E-state index contributed by atoms with van der Waals surface area (Å²) in [6.07, 6.45) is 0. The molecule has 7 nitrogen and oxygen atoms in total. The molecule has 0 heterocycles. The van der Waals surface area contributed by atoms with E-state index in [1.54, 1.807) is 20.8 Å². The summed E-state index contributed by atoms with van der Waals surface area (Å²) in [5, 5.41) is 5.30. The van der Waals surface area contributed by atoms with Crippen LogP contribution in [0.1, 0.15) is 41.5 Å². The molecule has 0 fully saturated rings. The molecule has 0 aliphatic heterocycles. The number of amides is 3. The number of hydrogen-bond donors (Lipinski definition) is 2. The average molecular weight is 428 g/mol. The van der Waals surface area contributed by atoms with Gasteiger partial charge in [-0.15, -0.1) is 0 Å². The van der Waals surface area contributed by atoms with Crippen LogP contribution >= 0.6 is 0 Å². The Kier molecular flexibility index (Phi) is 8.50. The first-order valence-corrected chi connectivity index (χ1v) is 10.7. The third-order valence-corrected chi connectivity index (χ3v) is 4.78. The van der Waals surface area contributed by atoms with Crippen LogP contribution in [0.4, 0.5) is 10.1 Å². The molecular weight excluding hydrogens is 397 g/mol. The Morgan fingerprint density at radius 3 is 2.00 bits per heavy atom. The summed E-state index contributed by atoms with van der Waals surface area (Å²) >= 11 is 0. The summed E-state index contributed by atoms with van der Waals surface area (Å²) < 4.78 is 25.2. The number of carbonyl (C=O) groups is 3. The fourth-order valence-electron chi connectivity index (χ4n) is 2.44. The van der Waals surface area contributed by atoms with Crippen molar-refractivity contribution < 1.29 is 23.0 Å². The van der Waals surface area contributed by atoms with Crippen LogP contribution < -0.4 is 10.6 Å². The van der Waals surface area contributed by atoms with Crippen molar-refractivity contribution in [1.29, 1.82) is 0 Å². The Balaban J connectivity index is 2.68. The SMILES string of the molecule is CC(C)(C)NC(=O)CN(C(=O)CS(=O)CC(=O)Nc1ccc(F)cc1)C(C)(C)C.